The molecule has 0 aromatic rings. The molecule has 4 saturated carbocycles. The highest BCUT2D eigenvalue weighted by atomic mass is 14.7. The first-order chi connectivity index (χ1) is 8.07. The summed E-state index contributed by atoms with van der Waals surface area (Å²) >= 11 is 0. The first-order valence-electron chi connectivity index (χ1n) is 8.07. The van der Waals surface area contributed by atoms with Crippen LogP contribution in [0.3, 0.4) is 0 Å². The van der Waals surface area contributed by atoms with Crippen LogP contribution in [0.5, 0.6) is 0 Å². The van der Waals surface area contributed by atoms with Crippen LogP contribution in [-0.2, 0) is 0 Å². The summed E-state index contributed by atoms with van der Waals surface area (Å²) < 4.78 is 0. The molecule has 0 aromatic heterocycles. The van der Waals surface area contributed by atoms with E-state index in [2.05, 4.69) is 43.4 Å². The molecule has 4 aliphatic carbocycles. The molecular weight excluding hydrogens is 214 g/mol. The Hall–Kier alpha value is 0.130. The molecule has 4 rings (SSSR count). The Morgan fingerprint density at radius 1 is 0.778 bits per heavy atom. The second kappa shape index (κ2) is 3.41. The lowest BCUT2D eigenvalue weighted by atomic mass is 9.31. The van der Waals surface area contributed by atoms with Gasteiger partial charge in [-0.05, 0) is 61.2 Å². The van der Waals surface area contributed by atoms with E-state index in [0.29, 0.717) is 21.5 Å². The Bertz CT molecular complexity index is 312. The van der Waals surface area contributed by atoms with Crippen LogP contribution < -0.4 is 0 Å². The van der Waals surface area contributed by atoms with Crippen LogP contribution in [0.1, 0.15) is 66.2 Å². The zero-order chi connectivity index (χ0) is 13.4. The molecule has 0 heterocycles. The van der Waals surface area contributed by atoms with E-state index in [1.165, 1.54) is 32.1 Å². The van der Waals surface area contributed by atoms with E-state index in [0.717, 1.165) is 11.8 Å². The molecule has 0 aromatic carbocycles. The lowest BCUT2D eigenvalue weighted by molar-refractivity contribution is -0.140. The number of hydrogen-bond donors (Lipinski definition) is 0. The summed E-state index contributed by atoms with van der Waals surface area (Å²) in [4.78, 5) is 0. The molecule has 0 aliphatic heterocycles. The smallest absolute Gasteiger partial charge is 0.0667 e. The van der Waals surface area contributed by atoms with E-state index >= 15 is 0 Å². The summed E-state index contributed by atoms with van der Waals surface area (Å²) in [7, 11) is 5.02. The highest BCUT2D eigenvalue weighted by Crippen LogP contribution is 2.75. The Morgan fingerprint density at radius 2 is 1.11 bits per heavy atom. The van der Waals surface area contributed by atoms with Crippen LogP contribution in [0.2, 0.25) is 10.6 Å². The van der Waals surface area contributed by atoms with Crippen molar-refractivity contribution in [1.82, 2.24) is 0 Å². The zero-order valence-corrected chi connectivity index (χ0v) is 13.4. The van der Waals surface area contributed by atoms with Crippen molar-refractivity contribution in [3.8, 4) is 0 Å². The predicted octanol–water partition coefficient (Wildman–Crippen LogP) is 3.24. The lowest BCUT2D eigenvalue weighted by Crippen LogP contribution is -2.58. The molecule has 4 aliphatic rings. The van der Waals surface area contributed by atoms with Crippen LogP contribution in [-0.4, -0.2) is 15.7 Å². The fraction of sp³-hybridized carbons (Fsp3) is 1.00. The van der Waals surface area contributed by atoms with Crippen molar-refractivity contribution in [2.75, 3.05) is 0 Å². The first-order valence-corrected chi connectivity index (χ1v) is 8.07. The second-order valence-electron chi connectivity index (χ2n) is 10.0. The van der Waals surface area contributed by atoms with Crippen LogP contribution in [0, 0.1) is 22.7 Å². The maximum absolute atomic E-state index is 2.51. The van der Waals surface area contributed by atoms with Crippen molar-refractivity contribution in [3.05, 3.63) is 0 Å². The Balaban J connectivity index is 2.03. The molecule has 4 fully saturated rings. The fourth-order valence-corrected chi connectivity index (χ4v) is 6.02. The molecule has 0 radical (unpaired) electrons. The van der Waals surface area contributed by atoms with Crippen LogP contribution in [0.15, 0.2) is 0 Å². The van der Waals surface area contributed by atoms with Gasteiger partial charge in [0.2, 0.25) is 0 Å². The highest BCUT2D eigenvalue weighted by molar-refractivity contribution is 6.16. The summed E-state index contributed by atoms with van der Waals surface area (Å²) in [5.41, 5.74) is 1.31. The average molecular weight is 244 g/mol. The summed E-state index contributed by atoms with van der Waals surface area (Å²) in [6.45, 7) is 10.0. The first kappa shape index (κ1) is 13.1. The van der Waals surface area contributed by atoms with Crippen molar-refractivity contribution in [3.63, 3.8) is 0 Å². The number of rotatable bonds is 2. The van der Waals surface area contributed by atoms with E-state index in [1.807, 2.05) is 0 Å². The van der Waals surface area contributed by atoms with Crippen LogP contribution in [0.4, 0.5) is 0 Å². The minimum atomic E-state index is 0.501. The SMILES string of the molecule is BC(C)(C)C12CC3CC(C1)CC(C(B)(C)C)(C3)C2. The van der Waals surface area contributed by atoms with E-state index in [4.69, 9.17) is 0 Å². The minimum Gasteiger partial charge on any atom is -0.0667 e. The number of hydrogen-bond acceptors (Lipinski definition) is 0. The van der Waals surface area contributed by atoms with E-state index in [9.17, 15) is 0 Å². The van der Waals surface area contributed by atoms with Crippen molar-refractivity contribution in [1.29, 1.82) is 0 Å². The summed E-state index contributed by atoms with van der Waals surface area (Å²) in [5, 5.41) is 1.00. The molecule has 0 atom stereocenters. The third-order valence-electron chi connectivity index (χ3n) is 7.24. The van der Waals surface area contributed by atoms with Crippen LogP contribution in [0.25, 0.3) is 0 Å². The molecule has 2 heteroatoms. The van der Waals surface area contributed by atoms with Gasteiger partial charge in [-0.1, -0.05) is 38.3 Å². The van der Waals surface area contributed by atoms with E-state index < -0.39 is 0 Å². The van der Waals surface area contributed by atoms with Gasteiger partial charge in [0, 0.05) is 0 Å². The third kappa shape index (κ3) is 1.59. The normalized spacial score (nSPS) is 47.6. The van der Waals surface area contributed by atoms with Crippen molar-refractivity contribution >= 4 is 15.7 Å². The molecule has 100 valence electrons. The molecule has 0 N–H and O–H groups in total. The second-order valence-corrected chi connectivity index (χ2v) is 10.0. The summed E-state index contributed by atoms with van der Waals surface area (Å²) in [6.07, 6.45) is 9.20. The van der Waals surface area contributed by atoms with Crippen LogP contribution >= 0.6 is 0 Å². The molecule has 4 bridgehead atoms. The average Bonchev–Trinajstić information content (AvgIpc) is 2.11. The molecule has 0 saturated heterocycles. The van der Waals surface area contributed by atoms with Gasteiger partial charge in [-0.15, -0.1) is 0 Å². The highest BCUT2D eigenvalue weighted by Gasteiger charge is 2.63. The van der Waals surface area contributed by atoms with Gasteiger partial charge < -0.3 is 0 Å². The van der Waals surface area contributed by atoms with E-state index in [1.54, 1.807) is 6.42 Å². The monoisotopic (exact) mass is 244 g/mol. The summed E-state index contributed by atoms with van der Waals surface area (Å²) in [5.74, 6) is 2.09. The maximum atomic E-state index is 2.51. The Kier molecular flexibility index (Phi) is 2.49. The molecule has 0 unspecified atom stereocenters. The third-order valence-corrected chi connectivity index (χ3v) is 7.24. The predicted molar refractivity (Wildman–Crippen MR) is 84.7 cm³/mol. The van der Waals surface area contributed by atoms with Crippen molar-refractivity contribution in [2.45, 2.75) is 76.8 Å². The standard InChI is InChI=1S/C16H30B2/c1-13(2,17)15-6-11-5-12(7-15)9-16(8-11,10-15)14(3,4)18/h11-12H,5-10,17-18H2,1-4H3. The zero-order valence-electron chi connectivity index (χ0n) is 13.4. The maximum Gasteiger partial charge on any atom is 0.109 e. The topological polar surface area (TPSA) is 0 Å². The molecule has 0 amide bonds. The fourth-order valence-electron chi connectivity index (χ4n) is 6.02. The van der Waals surface area contributed by atoms with Crippen molar-refractivity contribution in [2.24, 2.45) is 22.7 Å². The van der Waals surface area contributed by atoms with Gasteiger partial charge >= 0.3 is 0 Å². The Morgan fingerprint density at radius 3 is 1.39 bits per heavy atom. The van der Waals surface area contributed by atoms with Gasteiger partial charge in [0.15, 0.2) is 0 Å². The molecule has 18 heavy (non-hydrogen) atoms. The largest absolute Gasteiger partial charge is 0.109 e. The lowest BCUT2D eigenvalue weighted by Gasteiger charge is -2.69. The van der Waals surface area contributed by atoms with Gasteiger partial charge in [0.1, 0.15) is 15.7 Å². The van der Waals surface area contributed by atoms with Gasteiger partial charge in [0.05, 0.1) is 0 Å². The molecular formula is C16H30B2. The quantitative estimate of drug-likeness (QED) is 0.654. The van der Waals surface area contributed by atoms with Gasteiger partial charge in [-0.3, -0.25) is 0 Å². The van der Waals surface area contributed by atoms with Gasteiger partial charge in [0.25, 0.3) is 0 Å². The van der Waals surface area contributed by atoms with Gasteiger partial charge in [-0.2, -0.15) is 0 Å². The minimum absolute atomic E-state index is 0.501. The van der Waals surface area contributed by atoms with E-state index in [-0.39, 0.29) is 0 Å². The molecule has 0 nitrogen and oxygen atoms in total. The van der Waals surface area contributed by atoms with Crippen molar-refractivity contribution < 1.29 is 0 Å². The Labute approximate surface area is 115 Å². The molecule has 0 spiro atoms. The van der Waals surface area contributed by atoms with Gasteiger partial charge in [-0.25, -0.2) is 0 Å². The summed E-state index contributed by atoms with van der Waals surface area (Å²) in [6, 6.07) is 0.